The Morgan fingerprint density at radius 1 is 0.975 bits per heavy atom. The van der Waals surface area contributed by atoms with Crippen LogP contribution in [0.15, 0.2) is 77.7 Å². The van der Waals surface area contributed by atoms with Crippen LogP contribution in [0.25, 0.3) is 50.0 Å². The third kappa shape index (κ3) is 3.85. The van der Waals surface area contributed by atoms with E-state index >= 15 is 4.39 Å². The van der Waals surface area contributed by atoms with E-state index in [2.05, 4.69) is 15.0 Å². The van der Waals surface area contributed by atoms with Crippen LogP contribution in [-0.4, -0.2) is 24.6 Å². The molecule has 0 atom stereocenters. The summed E-state index contributed by atoms with van der Waals surface area (Å²) in [5.41, 5.74) is 9.36. The molecule has 0 aliphatic heterocycles. The van der Waals surface area contributed by atoms with Crippen molar-refractivity contribution < 1.29 is 13.9 Å². The number of hydrogen-bond acceptors (Lipinski definition) is 5. The van der Waals surface area contributed by atoms with Gasteiger partial charge in [-0.3, -0.25) is 9.36 Å². The summed E-state index contributed by atoms with van der Waals surface area (Å²) in [5, 5.41) is 11.6. The Hall–Kier alpha value is -4.89. The lowest BCUT2D eigenvalue weighted by Gasteiger charge is -2.16. The molecule has 1 aliphatic carbocycles. The van der Waals surface area contributed by atoms with Gasteiger partial charge >= 0.3 is 0 Å². The summed E-state index contributed by atoms with van der Waals surface area (Å²) in [6.45, 7) is -0.435. The minimum absolute atomic E-state index is 0.00460. The second-order valence-corrected chi connectivity index (χ2v) is 10.0. The number of halogens is 2. The van der Waals surface area contributed by atoms with Gasteiger partial charge in [0.25, 0.3) is 5.56 Å². The van der Waals surface area contributed by atoms with Crippen LogP contribution in [0, 0.1) is 11.6 Å². The quantitative estimate of drug-likeness (QED) is 0.258. The van der Waals surface area contributed by atoms with Crippen molar-refractivity contribution in [2.75, 3.05) is 5.73 Å². The predicted octanol–water partition coefficient (Wildman–Crippen LogP) is 5.83. The first-order valence-electron chi connectivity index (χ1n) is 12.9. The number of aromatic nitrogens is 4. The first kappa shape index (κ1) is 24.2. The zero-order valence-corrected chi connectivity index (χ0v) is 21.2. The van der Waals surface area contributed by atoms with Crippen molar-refractivity contribution in [3.05, 3.63) is 106 Å². The van der Waals surface area contributed by atoms with Crippen molar-refractivity contribution in [2.24, 2.45) is 0 Å². The molecule has 0 radical (unpaired) electrons. The monoisotopic (exact) mass is 535 g/mol. The van der Waals surface area contributed by atoms with Gasteiger partial charge in [-0.05, 0) is 66.1 Å². The van der Waals surface area contributed by atoms with Crippen molar-refractivity contribution in [1.29, 1.82) is 0 Å². The van der Waals surface area contributed by atoms with Crippen molar-refractivity contribution >= 4 is 27.8 Å². The lowest BCUT2D eigenvalue weighted by molar-refractivity contribution is 0.282. The van der Waals surface area contributed by atoms with Crippen LogP contribution in [0.5, 0.6) is 0 Å². The van der Waals surface area contributed by atoms with Crippen molar-refractivity contribution in [2.45, 2.75) is 25.4 Å². The van der Waals surface area contributed by atoms with Crippen LogP contribution in [0.1, 0.15) is 29.9 Å². The van der Waals surface area contributed by atoms with E-state index in [4.69, 9.17) is 5.73 Å². The number of nitrogens with two attached hydrogens (primary N) is 1. The highest BCUT2D eigenvalue weighted by molar-refractivity contribution is 5.96. The number of benzene rings is 3. The van der Waals surface area contributed by atoms with E-state index in [0.29, 0.717) is 56.1 Å². The molecule has 6 aromatic rings. The van der Waals surface area contributed by atoms with Gasteiger partial charge in [0.05, 0.1) is 29.1 Å². The fourth-order valence-corrected chi connectivity index (χ4v) is 5.44. The maximum Gasteiger partial charge on any atom is 0.265 e. The number of aromatic amines is 1. The summed E-state index contributed by atoms with van der Waals surface area (Å²) in [5.74, 6) is -0.626. The van der Waals surface area contributed by atoms with Gasteiger partial charge in [-0.1, -0.05) is 30.3 Å². The number of aliphatic hydroxyl groups is 1. The van der Waals surface area contributed by atoms with Crippen molar-refractivity contribution in [3.63, 3.8) is 0 Å². The van der Waals surface area contributed by atoms with Gasteiger partial charge < -0.3 is 15.8 Å². The molecular weight excluding hydrogens is 512 g/mol. The average Bonchev–Trinajstić information content (AvgIpc) is 3.72. The van der Waals surface area contributed by atoms with Crippen LogP contribution < -0.4 is 11.3 Å². The summed E-state index contributed by atoms with van der Waals surface area (Å²) in [4.78, 5) is 25.4. The molecule has 0 bridgehead atoms. The molecule has 3 aromatic heterocycles. The van der Waals surface area contributed by atoms with Crippen LogP contribution in [-0.2, 0) is 6.61 Å². The molecule has 7 nitrogen and oxygen atoms in total. The molecule has 40 heavy (non-hydrogen) atoms. The Morgan fingerprint density at radius 2 is 1.77 bits per heavy atom. The van der Waals surface area contributed by atoms with Crippen LogP contribution in [0.4, 0.5) is 14.7 Å². The lowest BCUT2D eigenvalue weighted by atomic mass is 9.99. The molecule has 3 heterocycles. The third-order valence-electron chi connectivity index (χ3n) is 7.52. The number of nitrogens with one attached hydrogen (secondary N) is 1. The smallest absolute Gasteiger partial charge is 0.265 e. The summed E-state index contributed by atoms with van der Waals surface area (Å²) >= 11 is 0. The molecule has 3 aromatic carbocycles. The van der Waals surface area contributed by atoms with E-state index in [1.165, 1.54) is 16.7 Å². The van der Waals surface area contributed by atoms with Gasteiger partial charge in [0.2, 0.25) is 5.95 Å². The van der Waals surface area contributed by atoms with Gasteiger partial charge in [-0.15, -0.1) is 0 Å². The third-order valence-corrected chi connectivity index (χ3v) is 7.52. The molecule has 198 valence electrons. The highest BCUT2D eigenvalue weighted by Crippen LogP contribution is 2.41. The van der Waals surface area contributed by atoms with E-state index < -0.39 is 23.8 Å². The first-order chi connectivity index (χ1) is 19.4. The molecule has 0 amide bonds. The topological polar surface area (TPSA) is 110 Å². The van der Waals surface area contributed by atoms with Gasteiger partial charge in [0.1, 0.15) is 17.3 Å². The zero-order valence-electron chi connectivity index (χ0n) is 21.2. The fraction of sp³-hybridized carbons (Fsp3) is 0.129. The second kappa shape index (κ2) is 9.10. The number of rotatable bonds is 5. The first-order valence-corrected chi connectivity index (χ1v) is 12.9. The van der Waals surface area contributed by atoms with E-state index in [9.17, 15) is 14.3 Å². The Kier molecular flexibility index (Phi) is 5.50. The summed E-state index contributed by atoms with van der Waals surface area (Å²) in [7, 11) is 0. The zero-order chi connectivity index (χ0) is 27.5. The highest BCUT2D eigenvalue weighted by Gasteiger charge is 2.25. The van der Waals surface area contributed by atoms with E-state index in [0.717, 1.165) is 18.4 Å². The Labute approximate surface area is 226 Å². The van der Waals surface area contributed by atoms with Gasteiger partial charge in [-0.25, -0.2) is 13.8 Å². The average molecular weight is 536 g/mol. The maximum absolute atomic E-state index is 15.2. The van der Waals surface area contributed by atoms with Gasteiger partial charge in [0.15, 0.2) is 0 Å². The number of anilines is 1. The van der Waals surface area contributed by atoms with E-state index in [-0.39, 0.29) is 11.3 Å². The second-order valence-electron chi connectivity index (χ2n) is 10.0. The molecule has 1 fully saturated rings. The van der Waals surface area contributed by atoms with Gasteiger partial charge in [0, 0.05) is 28.3 Å². The number of aliphatic hydroxyl groups excluding tert-OH is 1. The maximum atomic E-state index is 15.2. The van der Waals surface area contributed by atoms with Crippen molar-refractivity contribution in [1.82, 2.24) is 19.5 Å². The minimum atomic E-state index is -0.557. The summed E-state index contributed by atoms with van der Waals surface area (Å²) < 4.78 is 31.1. The van der Waals surface area contributed by atoms with E-state index in [1.54, 1.807) is 54.7 Å². The molecule has 1 aliphatic rings. The molecule has 7 rings (SSSR count). The van der Waals surface area contributed by atoms with Crippen LogP contribution in [0.3, 0.4) is 0 Å². The highest BCUT2D eigenvalue weighted by atomic mass is 19.1. The Bertz CT molecular complexity index is 2030. The fourth-order valence-electron chi connectivity index (χ4n) is 5.44. The Morgan fingerprint density at radius 3 is 2.55 bits per heavy atom. The van der Waals surface area contributed by atoms with Crippen LogP contribution in [0.2, 0.25) is 0 Å². The molecule has 0 saturated heterocycles. The van der Waals surface area contributed by atoms with Gasteiger partial charge in [-0.2, -0.15) is 4.98 Å². The lowest BCUT2D eigenvalue weighted by Crippen LogP contribution is -2.20. The number of nitrogens with zero attached hydrogens (tertiary/aromatic N) is 3. The summed E-state index contributed by atoms with van der Waals surface area (Å²) in [6.07, 6.45) is 3.65. The molecule has 4 N–H and O–H groups in total. The normalized spacial score (nSPS) is 13.4. The molecular formula is C31H23F2N5O2. The SMILES string of the molecule is Nc1nc(-c2cccc(-n3ccc4cc(C5CC5)cc(F)c4c3=O)c2CO)c2cc(-c3ccccc3F)[nH]c2n1. The Balaban J connectivity index is 1.42. The van der Waals surface area contributed by atoms with E-state index in [1.807, 2.05) is 6.07 Å². The number of fused-ring (bicyclic) bond motifs is 2. The van der Waals surface area contributed by atoms with Crippen LogP contribution >= 0.6 is 0 Å². The molecule has 0 spiro atoms. The standard InChI is InChI=1S/C31H23F2N5O2/c32-23-6-2-1-4-20(23)25-14-21-28(36-31(34)37-29(21)35-25)19-5-3-7-26(22(19)15-39)38-11-10-17-12-18(16-8-9-16)13-24(33)27(17)30(38)40/h1-7,10-14,16,39H,8-9,15H2,(H3,34,35,36,37). The largest absolute Gasteiger partial charge is 0.392 e. The van der Waals surface area contributed by atoms with Crippen molar-refractivity contribution in [3.8, 4) is 28.2 Å². The molecule has 9 heteroatoms. The number of pyridine rings is 1. The minimum Gasteiger partial charge on any atom is -0.392 e. The predicted molar refractivity (Wildman–Crippen MR) is 150 cm³/mol. The molecule has 1 saturated carbocycles. The summed E-state index contributed by atoms with van der Waals surface area (Å²) in [6, 6.07) is 18.3. The number of nitrogen functional groups attached to an aromatic ring is 1. The number of hydrogen-bond donors (Lipinski definition) is 3. The number of H-pyrrole nitrogens is 1. The molecule has 0 unspecified atom stereocenters.